The maximum absolute atomic E-state index is 12.5. The quantitative estimate of drug-likeness (QED) is 0.826. The predicted molar refractivity (Wildman–Crippen MR) is 87.8 cm³/mol. The number of ether oxygens (including phenoxy) is 1. The van der Waals surface area contributed by atoms with Gasteiger partial charge >= 0.3 is 0 Å². The monoisotopic (exact) mass is 346 g/mol. The first-order valence-electron chi connectivity index (χ1n) is 7.35. The zero-order valence-electron chi connectivity index (χ0n) is 13.0. The molecule has 0 unspecified atom stereocenters. The van der Waals surface area contributed by atoms with Crippen molar-refractivity contribution in [3.63, 3.8) is 0 Å². The molecule has 0 bridgehead atoms. The zero-order valence-corrected chi connectivity index (χ0v) is 14.6. The molecular formula is C15H23ClN2O3S. The van der Waals surface area contributed by atoms with Gasteiger partial charge in [-0.25, -0.2) is 13.1 Å². The van der Waals surface area contributed by atoms with Crippen LogP contribution in [0.1, 0.15) is 18.4 Å². The molecule has 5 nitrogen and oxygen atoms in total. The van der Waals surface area contributed by atoms with E-state index >= 15 is 0 Å². The second-order valence-corrected chi connectivity index (χ2v) is 8.01. The van der Waals surface area contributed by atoms with Gasteiger partial charge in [-0.15, -0.1) is 0 Å². The average Bonchev–Trinajstić information content (AvgIpc) is 2.49. The highest BCUT2D eigenvalue weighted by Crippen LogP contribution is 2.30. The molecule has 1 aromatic carbocycles. The summed E-state index contributed by atoms with van der Waals surface area (Å²) in [7, 11) is -1.98. The predicted octanol–water partition coefficient (Wildman–Crippen LogP) is 1.94. The lowest BCUT2D eigenvalue weighted by atomic mass is 9.80. The first-order valence-corrected chi connectivity index (χ1v) is 9.21. The first-order chi connectivity index (χ1) is 10.4. The Labute approximate surface area is 137 Å². The molecule has 1 fully saturated rings. The fourth-order valence-electron chi connectivity index (χ4n) is 2.79. The second-order valence-electron chi connectivity index (χ2n) is 5.89. The Morgan fingerprint density at radius 1 is 1.36 bits per heavy atom. The van der Waals surface area contributed by atoms with Crippen LogP contribution in [0.15, 0.2) is 23.1 Å². The third kappa shape index (κ3) is 4.00. The Bertz CT molecular complexity index is 608. The van der Waals surface area contributed by atoms with Gasteiger partial charge < -0.3 is 10.1 Å². The molecule has 124 valence electrons. The maximum atomic E-state index is 12.5. The molecule has 0 spiro atoms. The van der Waals surface area contributed by atoms with E-state index in [4.69, 9.17) is 16.3 Å². The third-order valence-corrected chi connectivity index (χ3v) is 6.26. The number of methoxy groups -OCH3 is 1. The minimum absolute atomic E-state index is 0.135. The number of rotatable bonds is 6. The lowest BCUT2D eigenvalue weighted by Crippen LogP contribution is -2.47. The van der Waals surface area contributed by atoms with E-state index in [0.717, 1.165) is 31.5 Å². The Hall–Kier alpha value is -0.660. The highest BCUT2D eigenvalue weighted by atomic mass is 35.5. The molecule has 7 heteroatoms. The van der Waals surface area contributed by atoms with Crippen LogP contribution in [0, 0.1) is 12.3 Å². The van der Waals surface area contributed by atoms with Crippen molar-refractivity contribution in [2.75, 3.05) is 33.4 Å². The second kappa shape index (κ2) is 7.27. The van der Waals surface area contributed by atoms with Crippen LogP contribution in [-0.4, -0.2) is 41.8 Å². The summed E-state index contributed by atoms with van der Waals surface area (Å²) < 4.78 is 33.1. The van der Waals surface area contributed by atoms with E-state index in [0.29, 0.717) is 13.2 Å². The number of hydrogen-bond donors (Lipinski definition) is 2. The first kappa shape index (κ1) is 17.7. The van der Waals surface area contributed by atoms with E-state index in [1.54, 1.807) is 26.2 Å². The van der Waals surface area contributed by atoms with Gasteiger partial charge in [-0.05, 0) is 44.5 Å². The molecule has 2 rings (SSSR count). The smallest absolute Gasteiger partial charge is 0.242 e. The van der Waals surface area contributed by atoms with Crippen molar-refractivity contribution in [2.24, 2.45) is 5.41 Å². The maximum Gasteiger partial charge on any atom is 0.242 e. The van der Waals surface area contributed by atoms with Crippen molar-refractivity contribution < 1.29 is 13.2 Å². The average molecular weight is 347 g/mol. The highest BCUT2D eigenvalue weighted by Gasteiger charge is 2.34. The van der Waals surface area contributed by atoms with Crippen LogP contribution < -0.4 is 10.0 Å². The summed E-state index contributed by atoms with van der Waals surface area (Å²) in [4.78, 5) is 0.135. The number of aryl methyl sites for hydroxylation is 1. The summed E-state index contributed by atoms with van der Waals surface area (Å²) in [5.41, 5.74) is 0.585. The largest absolute Gasteiger partial charge is 0.384 e. The van der Waals surface area contributed by atoms with Gasteiger partial charge in [0.05, 0.1) is 11.6 Å². The topological polar surface area (TPSA) is 67.4 Å². The molecule has 2 N–H and O–H groups in total. The third-order valence-electron chi connectivity index (χ3n) is 4.20. The summed E-state index contributed by atoms with van der Waals surface area (Å²) in [6, 6.07) is 5.02. The van der Waals surface area contributed by atoms with E-state index in [1.165, 1.54) is 6.07 Å². The van der Waals surface area contributed by atoms with Crippen molar-refractivity contribution in [1.82, 2.24) is 10.0 Å². The normalized spacial score (nSPS) is 18.3. The molecule has 1 saturated heterocycles. The molecule has 1 aromatic rings. The molecule has 1 aliphatic rings. The number of sulfonamides is 1. The summed E-state index contributed by atoms with van der Waals surface area (Å²) >= 11 is 6.14. The molecule has 0 amide bonds. The van der Waals surface area contributed by atoms with Crippen LogP contribution in [0.4, 0.5) is 0 Å². The molecule has 0 aromatic heterocycles. The van der Waals surface area contributed by atoms with E-state index < -0.39 is 10.0 Å². The van der Waals surface area contributed by atoms with Gasteiger partial charge in [0.15, 0.2) is 0 Å². The molecule has 1 heterocycles. The Balaban J connectivity index is 2.16. The van der Waals surface area contributed by atoms with E-state index in [2.05, 4.69) is 10.0 Å². The van der Waals surface area contributed by atoms with Crippen molar-refractivity contribution in [3.05, 3.63) is 28.8 Å². The molecule has 0 atom stereocenters. The number of benzene rings is 1. The molecule has 0 aliphatic carbocycles. The molecular weight excluding hydrogens is 324 g/mol. The van der Waals surface area contributed by atoms with Gasteiger partial charge in [0.2, 0.25) is 10.0 Å². The standard InChI is InChI=1S/C15H23ClN2O3S/c1-12-4-3-5-13(14(12)16)22(19,20)18-10-15(11-21-2)6-8-17-9-7-15/h3-5,17-18H,6-11H2,1-2H3. The van der Waals surface area contributed by atoms with Gasteiger partial charge in [0.1, 0.15) is 4.90 Å². The van der Waals surface area contributed by atoms with E-state index in [-0.39, 0.29) is 15.3 Å². The van der Waals surface area contributed by atoms with Gasteiger partial charge in [-0.1, -0.05) is 23.7 Å². The van der Waals surface area contributed by atoms with Crippen molar-refractivity contribution in [3.8, 4) is 0 Å². The van der Waals surface area contributed by atoms with Crippen LogP contribution in [-0.2, 0) is 14.8 Å². The number of nitrogens with one attached hydrogen (secondary N) is 2. The minimum atomic E-state index is -3.63. The summed E-state index contributed by atoms with van der Waals surface area (Å²) in [5.74, 6) is 0. The van der Waals surface area contributed by atoms with Crippen LogP contribution >= 0.6 is 11.6 Å². The summed E-state index contributed by atoms with van der Waals surface area (Å²) in [5, 5.41) is 3.57. The van der Waals surface area contributed by atoms with Crippen molar-refractivity contribution >= 4 is 21.6 Å². The summed E-state index contributed by atoms with van der Waals surface area (Å²) in [6.45, 7) is 4.43. The minimum Gasteiger partial charge on any atom is -0.384 e. The van der Waals surface area contributed by atoms with Crippen LogP contribution in [0.3, 0.4) is 0 Å². The molecule has 1 aliphatic heterocycles. The van der Waals surface area contributed by atoms with Crippen molar-refractivity contribution in [1.29, 1.82) is 0 Å². The Kier molecular flexibility index (Phi) is 5.85. The van der Waals surface area contributed by atoms with Gasteiger partial charge in [-0.2, -0.15) is 0 Å². The Morgan fingerprint density at radius 2 is 2.05 bits per heavy atom. The van der Waals surface area contributed by atoms with Crippen LogP contribution in [0.2, 0.25) is 5.02 Å². The molecule has 0 saturated carbocycles. The van der Waals surface area contributed by atoms with Crippen molar-refractivity contribution in [2.45, 2.75) is 24.7 Å². The van der Waals surface area contributed by atoms with Gasteiger partial charge in [0.25, 0.3) is 0 Å². The number of halogens is 1. The molecule has 22 heavy (non-hydrogen) atoms. The lowest BCUT2D eigenvalue weighted by molar-refractivity contribution is 0.0577. The Morgan fingerprint density at radius 3 is 2.68 bits per heavy atom. The van der Waals surface area contributed by atoms with Gasteiger partial charge in [-0.3, -0.25) is 0 Å². The molecule has 0 radical (unpaired) electrons. The zero-order chi connectivity index (χ0) is 16.2. The SMILES string of the molecule is COCC1(CNS(=O)(=O)c2cccc(C)c2Cl)CCNCC1. The highest BCUT2D eigenvalue weighted by molar-refractivity contribution is 7.89. The van der Waals surface area contributed by atoms with Crippen LogP contribution in [0.25, 0.3) is 0 Å². The van der Waals surface area contributed by atoms with Crippen LogP contribution in [0.5, 0.6) is 0 Å². The van der Waals surface area contributed by atoms with E-state index in [9.17, 15) is 8.42 Å². The fourth-order valence-corrected chi connectivity index (χ4v) is 4.53. The van der Waals surface area contributed by atoms with E-state index in [1.807, 2.05) is 0 Å². The number of piperidine rings is 1. The number of hydrogen-bond acceptors (Lipinski definition) is 4. The fraction of sp³-hybridized carbons (Fsp3) is 0.600. The lowest BCUT2D eigenvalue weighted by Gasteiger charge is -2.37. The van der Waals surface area contributed by atoms with Gasteiger partial charge in [0, 0.05) is 19.1 Å². The summed E-state index contributed by atoms with van der Waals surface area (Å²) in [6.07, 6.45) is 1.76.